The van der Waals surface area contributed by atoms with Crippen molar-refractivity contribution in [2.45, 2.75) is 325 Å². The molecule has 1 aliphatic carbocycles. The van der Waals surface area contributed by atoms with Gasteiger partial charge in [0.1, 0.15) is 73.1 Å². The van der Waals surface area contributed by atoms with Crippen molar-refractivity contribution in [2.24, 2.45) is 5.92 Å². The van der Waals surface area contributed by atoms with Gasteiger partial charge in [-0.15, -0.1) is 0 Å². The molecule has 0 spiro atoms. The van der Waals surface area contributed by atoms with Crippen LogP contribution in [-0.4, -0.2) is 208 Å². The Labute approximate surface area is 506 Å². The maximum absolute atomic E-state index is 13.5. The van der Waals surface area contributed by atoms with E-state index in [-0.39, 0.29) is 24.0 Å². The molecule has 5 saturated heterocycles. The van der Waals surface area contributed by atoms with Crippen LogP contribution in [0, 0.1) is 5.92 Å². The van der Waals surface area contributed by atoms with Crippen molar-refractivity contribution in [2.75, 3.05) is 13.2 Å². The number of aliphatic carboxylic acids is 1. The average molecular weight is 1230 g/mol. The summed E-state index contributed by atoms with van der Waals surface area (Å²) >= 11 is 0. The molecule has 494 valence electrons. The number of epoxide rings is 1. The van der Waals surface area contributed by atoms with E-state index in [1.54, 1.807) is 0 Å². The van der Waals surface area contributed by atoms with Crippen molar-refractivity contribution in [3.05, 3.63) is 0 Å². The molecule has 11 N–H and O–H groups in total. The van der Waals surface area contributed by atoms with Crippen LogP contribution < -0.4 is 26.6 Å². The number of rotatable bonds is 29. The Morgan fingerprint density at radius 3 is 1.66 bits per heavy atom. The molecule has 21 atom stereocenters. The first-order valence-electron chi connectivity index (χ1n) is 31.9. The monoisotopic (exact) mass is 1230 g/mol. The molecule has 5 amide bonds. The molecule has 26 heteroatoms. The van der Waals surface area contributed by atoms with Gasteiger partial charge in [-0.3, -0.25) is 24.0 Å². The van der Waals surface area contributed by atoms with Crippen molar-refractivity contribution in [1.82, 2.24) is 26.6 Å². The van der Waals surface area contributed by atoms with Crippen LogP contribution in [0.15, 0.2) is 0 Å². The maximum Gasteiger partial charge on any atom is 0.335 e. The van der Waals surface area contributed by atoms with Crippen molar-refractivity contribution in [1.29, 1.82) is 0 Å². The molecule has 6 fully saturated rings. The zero-order chi connectivity index (χ0) is 62.7. The van der Waals surface area contributed by atoms with Crippen LogP contribution in [0.1, 0.15) is 196 Å². The molecule has 86 heavy (non-hydrogen) atoms. The molecule has 1 saturated carbocycles. The Balaban J connectivity index is 1.01. The van der Waals surface area contributed by atoms with Crippen molar-refractivity contribution < 1.29 is 102 Å². The number of hydrogen-bond donors (Lipinski definition) is 11. The summed E-state index contributed by atoms with van der Waals surface area (Å²) in [6.07, 6.45) is -2.76. The van der Waals surface area contributed by atoms with Crippen molar-refractivity contribution in [3.8, 4) is 0 Å². The minimum absolute atomic E-state index is 0.0711. The van der Waals surface area contributed by atoms with Gasteiger partial charge in [-0.25, -0.2) is 4.79 Å². The van der Waals surface area contributed by atoms with Crippen molar-refractivity contribution >= 4 is 35.5 Å². The van der Waals surface area contributed by atoms with Gasteiger partial charge in [-0.05, 0) is 78.1 Å². The number of aliphatic hydroxyl groups is 5. The largest absolute Gasteiger partial charge is 0.479 e. The number of carbonyl (C=O) groups excluding carboxylic acids is 5. The molecule has 0 aromatic heterocycles. The Kier molecular flexibility index (Phi) is 29.0. The summed E-state index contributed by atoms with van der Waals surface area (Å²) < 4.78 is 54.6. The van der Waals surface area contributed by atoms with Crippen LogP contribution in [0.5, 0.6) is 0 Å². The first-order valence-corrected chi connectivity index (χ1v) is 31.9. The van der Waals surface area contributed by atoms with Gasteiger partial charge in [0, 0.05) is 52.3 Å². The molecule has 0 aromatic carbocycles. The summed E-state index contributed by atoms with van der Waals surface area (Å²) in [5, 5.41) is 80.0. The van der Waals surface area contributed by atoms with Crippen LogP contribution in [0.25, 0.3) is 0 Å². The Morgan fingerprint density at radius 1 is 0.523 bits per heavy atom. The molecule has 6 rings (SSSR count). The van der Waals surface area contributed by atoms with Gasteiger partial charge in [0.15, 0.2) is 37.6 Å². The van der Waals surface area contributed by atoms with Crippen molar-refractivity contribution in [3.63, 3.8) is 0 Å². The number of carboxylic acid groups (broad SMARTS) is 1. The summed E-state index contributed by atoms with van der Waals surface area (Å²) in [6, 6.07) is -3.97. The molecule has 0 bridgehead atoms. The van der Waals surface area contributed by atoms with E-state index in [0.29, 0.717) is 57.4 Å². The smallest absolute Gasteiger partial charge is 0.335 e. The van der Waals surface area contributed by atoms with Gasteiger partial charge in [-0.1, -0.05) is 90.4 Å². The van der Waals surface area contributed by atoms with E-state index in [1.165, 1.54) is 97.8 Å². The number of amides is 5. The third-order valence-electron chi connectivity index (χ3n) is 17.6. The van der Waals surface area contributed by atoms with Crippen LogP contribution >= 0.6 is 0 Å². The predicted molar refractivity (Wildman–Crippen MR) is 307 cm³/mol. The highest BCUT2D eigenvalue weighted by Gasteiger charge is 2.61. The molecule has 5 heterocycles. The molecular formula is C60H103N5O21. The summed E-state index contributed by atoms with van der Waals surface area (Å²) in [6.45, 7) is 11.5. The fraction of sp³-hybridized carbons (Fsp3) is 0.900. The lowest BCUT2D eigenvalue weighted by atomic mass is 9.75. The summed E-state index contributed by atoms with van der Waals surface area (Å²) in [7, 11) is 0. The second kappa shape index (κ2) is 35.0. The first-order chi connectivity index (χ1) is 41.0. The fourth-order valence-electron chi connectivity index (χ4n) is 12.6. The number of carbonyl (C=O) groups is 6. The highest BCUT2D eigenvalue weighted by atomic mass is 16.8. The normalized spacial score (nSPS) is 36.1. The predicted octanol–water partition coefficient (Wildman–Crippen LogP) is 2.47. The van der Waals surface area contributed by atoms with Gasteiger partial charge < -0.3 is 99.9 Å². The number of ether oxygens (including phenoxy) is 9. The first kappa shape index (κ1) is 71.3. The van der Waals surface area contributed by atoms with E-state index in [0.717, 1.165) is 39.5 Å². The number of aliphatic hydroxyl groups excluding tert-OH is 5. The zero-order valence-corrected chi connectivity index (χ0v) is 51.6. The Bertz CT molecular complexity index is 2120. The SMILES string of the molecule is CCCCCCC(C)(NC(=O)CCCCC(=O)NCCCCCO[C@@H]1OC2O[C@@H]2C(O[C@@H]2OC(C)[C@@H](O)C(O[C@@H]3OC(C(=O)O)[C@@H](O)C(O)C3O[C@@H]3OC(C)[C@@H](O)C(O)C3NC(C)=O)C2NC(C)=O)C1NC(C)=O)C1CCCCCCCCCCC1. The number of nitrogens with one attached hydrogen (secondary N) is 5. The molecular weight excluding hydrogens is 1130 g/mol. The van der Waals surface area contributed by atoms with Crippen LogP contribution in [0.3, 0.4) is 0 Å². The maximum atomic E-state index is 13.5. The third-order valence-corrected chi connectivity index (χ3v) is 17.6. The zero-order valence-electron chi connectivity index (χ0n) is 51.6. The second-order valence-corrected chi connectivity index (χ2v) is 24.8. The van der Waals surface area contributed by atoms with E-state index < -0.39 is 147 Å². The third kappa shape index (κ3) is 20.9. The summed E-state index contributed by atoms with van der Waals surface area (Å²) in [5.41, 5.74) is -0.234. The van der Waals surface area contributed by atoms with Crippen LogP contribution in [0.2, 0.25) is 0 Å². The molecule has 6 aliphatic rings. The van der Waals surface area contributed by atoms with Gasteiger partial charge in [0.2, 0.25) is 29.5 Å². The fourth-order valence-corrected chi connectivity index (χ4v) is 12.6. The standard InChI is InChI=1S/C60H103N5O21/c1-8-9-10-23-30-60(7,38-26-19-16-14-12-11-13-15-17-20-27-38)65-40(70)29-22-21-28-39(69)61-31-24-18-25-32-78-55-43(64-37(6)68)50(53-59(85-53)86-55)82-57-42(63-36(5)67)49(45(72)34(3)80-57)81-58-52(48(75)47(74)51(83-58)54(76)77)84-56-41(62-35(4)66)46(73)44(71)33(2)79-56/h33-34,38,41-53,55-59,71-75H,8-32H2,1-7H3,(H,61,69)(H,62,66)(H,63,67)(H,64,68)(H,65,70)(H,76,77)/t33?,34?,41?,42?,43?,44-,45-,46?,47+,48?,49?,50?,51?,52?,53-,55-,56+,57+,58-,59?,60?/m1/s1. The van der Waals surface area contributed by atoms with Gasteiger partial charge in [0.05, 0.1) is 12.2 Å². The minimum atomic E-state index is -2.15. The Morgan fingerprint density at radius 2 is 1.06 bits per heavy atom. The lowest BCUT2D eigenvalue weighted by Crippen LogP contribution is -2.70. The average Bonchev–Trinajstić information content (AvgIpc) is 1.61. The van der Waals surface area contributed by atoms with Crippen LogP contribution in [-0.2, 0) is 71.4 Å². The summed E-state index contributed by atoms with van der Waals surface area (Å²) in [5.74, 6) is -3.08. The van der Waals surface area contributed by atoms with E-state index in [1.807, 2.05) is 0 Å². The molecule has 26 nitrogen and oxygen atoms in total. The lowest BCUT2D eigenvalue weighted by molar-refractivity contribution is -0.370. The van der Waals surface area contributed by atoms with Gasteiger partial charge in [0.25, 0.3) is 0 Å². The van der Waals surface area contributed by atoms with E-state index in [4.69, 9.17) is 42.6 Å². The summed E-state index contributed by atoms with van der Waals surface area (Å²) in [4.78, 5) is 76.6. The van der Waals surface area contributed by atoms with Gasteiger partial charge in [-0.2, -0.15) is 0 Å². The minimum Gasteiger partial charge on any atom is -0.479 e. The lowest BCUT2D eigenvalue weighted by Gasteiger charge is -2.49. The molecule has 13 unspecified atom stereocenters. The highest BCUT2D eigenvalue weighted by Crippen LogP contribution is 2.41. The van der Waals surface area contributed by atoms with E-state index >= 15 is 0 Å². The second-order valence-electron chi connectivity index (χ2n) is 24.8. The van der Waals surface area contributed by atoms with E-state index in [2.05, 4.69) is 40.4 Å². The molecule has 0 aromatic rings. The van der Waals surface area contributed by atoms with E-state index in [9.17, 15) is 59.4 Å². The molecule has 0 radical (unpaired) electrons. The molecule has 5 aliphatic heterocycles. The van der Waals surface area contributed by atoms with Gasteiger partial charge >= 0.3 is 5.97 Å². The number of carboxylic acids is 1. The highest BCUT2D eigenvalue weighted by molar-refractivity contribution is 5.78. The quantitative estimate of drug-likeness (QED) is 0.0378. The number of unbranched alkanes of at least 4 members (excludes halogenated alkanes) is 6. The number of fused-ring (bicyclic) bond motifs is 1. The number of hydrogen-bond acceptors (Lipinski definition) is 20. The van der Waals surface area contributed by atoms with Crippen LogP contribution in [0.4, 0.5) is 0 Å². The topological polar surface area (TPSA) is 370 Å². The Hall–Kier alpha value is -3.74.